The molecule has 0 atom stereocenters. The van der Waals surface area contributed by atoms with E-state index in [0.29, 0.717) is 23.8 Å². The molecular weight excluding hydrogens is 278 g/mol. The maximum Gasteiger partial charge on any atom is 0.240 e. The molecule has 0 aliphatic heterocycles. The number of hydrogen-bond donors (Lipinski definition) is 2. The minimum Gasteiger partial charge on any atom is -0.495 e. The van der Waals surface area contributed by atoms with Crippen molar-refractivity contribution in [2.24, 2.45) is 5.92 Å². The molecule has 0 saturated heterocycles. The highest BCUT2D eigenvalue weighted by atomic mass is 32.2. The zero-order chi connectivity index (χ0) is 14.6. The van der Waals surface area contributed by atoms with Crippen LogP contribution in [-0.4, -0.2) is 33.8 Å². The van der Waals surface area contributed by atoms with E-state index in [1.807, 2.05) is 0 Å². The van der Waals surface area contributed by atoms with Gasteiger partial charge >= 0.3 is 0 Å². The molecule has 0 heterocycles. The van der Waals surface area contributed by atoms with Crippen LogP contribution in [0.25, 0.3) is 0 Å². The second kappa shape index (κ2) is 6.27. The zero-order valence-electron chi connectivity index (χ0n) is 11.2. The first kappa shape index (κ1) is 14.9. The standard InChI is InChI=1S/C14H17NO4S/c1-19-14-7-6-13(9-12(14)3-2-8-16)20(17,18)15-10-11-4-5-11/h6-7,9,11,15-16H,4-5,8,10H2,1H3. The summed E-state index contributed by atoms with van der Waals surface area (Å²) >= 11 is 0. The van der Waals surface area contributed by atoms with Crippen LogP contribution in [0.5, 0.6) is 5.75 Å². The molecule has 1 aromatic carbocycles. The minimum atomic E-state index is -3.52. The van der Waals surface area contributed by atoms with Crippen LogP contribution in [0.3, 0.4) is 0 Å². The highest BCUT2D eigenvalue weighted by Crippen LogP contribution is 2.28. The summed E-state index contributed by atoms with van der Waals surface area (Å²) in [4.78, 5) is 0.154. The molecular formula is C14H17NO4S. The van der Waals surface area contributed by atoms with Crippen molar-refractivity contribution in [3.63, 3.8) is 0 Å². The molecule has 1 saturated carbocycles. The Morgan fingerprint density at radius 2 is 2.20 bits per heavy atom. The van der Waals surface area contributed by atoms with Gasteiger partial charge < -0.3 is 9.84 Å². The first-order valence-electron chi connectivity index (χ1n) is 6.34. The Kier molecular flexibility index (Phi) is 4.65. The summed E-state index contributed by atoms with van der Waals surface area (Å²) in [5.74, 6) is 6.12. The van der Waals surface area contributed by atoms with Crippen LogP contribution in [-0.2, 0) is 10.0 Å². The Hall–Kier alpha value is -1.55. The molecule has 108 valence electrons. The van der Waals surface area contributed by atoms with Gasteiger partial charge in [0.15, 0.2) is 0 Å². The average molecular weight is 295 g/mol. The molecule has 0 unspecified atom stereocenters. The number of sulfonamides is 1. The zero-order valence-corrected chi connectivity index (χ0v) is 12.0. The second-order valence-electron chi connectivity index (χ2n) is 4.62. The van der Waals surface area contributed by atoms with Crippen molar-refractivity contribution < 1.29 is 18.3 Å². The normalized spacial score (nSPS) is 14.5. The van der Waals surface area contributed by atoms with Crippen LogP contribution < -0.4 is 9.46 Å². The summed E-state index contributed by atoms with van der Waals surface area (Å²) in [6, 6.07) is 4.50. The largest absolute Gasteiger partial charge is 0.495 e. The minimum absolute atomic E-state index is 0.154. The molecule has 0 spiro atoms. The quantitative estimate of drug-likeness (QED) is 0.785. The third kappa shape index (κ3) is 3.73. The lowest BCUT2D eigenvalue weighted by Crippen LogP contribution is -2.25. The Bertz CT molecular complexity index is 639. The van der Waals surface area contributed by atoms with E-state index < -0.39 is 10.0 Å². The van der Waals surface area contributed by atoms with Crippen molar-refractivity contribution in [1.82, 2.24) is 4.72 Å². The Morgan fingerprint density at radius 1 is 1.45 bits per heavy atom. The lowest BCUT2D eigenvalue weighted by atomic mass is 10.2. The predicted octanol–water partition coefficient (Wildman–Crippen LogP) is 0.727. The van der Waals surface area contributed by atoms with Crippen molar-refractivity contribution in [2.75, 3.05) is 20.3 Å². The molecule has 1 fully saturated rings. The molecule has 1 aromatic rings. The Balaban J connectivity index is 2.26. The van der Waals surface area contributed by atoms with Gasteiger partial charge in [-0.15, -0.1) is 0 Å². The number of benzene rings is 1. The third-order valence-corrected chi connectivity index (χ3v) is 4.46. The van der Waals surface area contributed by atoms with Gasteiger partial charge in [-0.25, -0.2) is 13.1 Å². The summed E-state index contributed by atoms with van der Waals surface area (Å²) in [5.41, 5.74) is 0.441. The molecule has 1 aliphatic rings. The maximum absolute atomic E-state index is 12.1. The smallest absolute Gasteiger partial charge is 0.240 e. The van der Waals surface area contributed by atoms with Gasteiger partial charge in [-0.1, -0.05) is 11.8 Å². The van der Waals surface area contributed by atoms with Crippen LogP contribution in [0.4, 0.5) is 0 Å². The number of methoxy groups -OCH3 is 1. The van der Waals surface area contributed by atoms with Crippen LogP contribution in [0.2, 0.25) is 0 Å². The molecule has 0 bridgehead atoms. The highest BCUT2D eigenvalue weighted by Gasteiger charge is 2.24. The van der Waals surface area contributed by atoms with Gasteiger partial charge in [0.05, 0.1) is 17.6 Å². The van der Waals surface area contributed by atoms with E-state index in [2.05, 4.69) is 16.6 Å². The highest BCUT2D eigenvalue weighted by molar-refractivity contribution is 7.89. The Labute approximate surface area is 119 Å². The van der Waals surface area contributed by atoms with Gasteiger partial charge in [0, 0.05) is 6.54 Å². The number of hydrogen-bond acceptors (Lipinski definition) is 4. The van der Waals surface area contributed by atoms with Crippen LogP contribution >= 0.6 is 0 Å². The van der Waals surface area contributed by atoms with E-state index in [1.54, 1.807) is 6.07 Å². The molecule has 0 radical (unpaired) electrons. The van der Waals surface area contributed by atoms with E-state index in [9.17, 15) is 8.42 Å². The van der Waals surface area contributed by atoms with E-state index >= 15 is 0 Å². The van der Waals surface area contributed by atoms with Crippen molar-refractivity contribution in [2.45, 2.75) is 17.7 Å². The average Bonchev–Trinajstić information content (AvgIpc) is 3.27. The molecule has 0 aromatic heterocycles. The topological polar surface area (TPSA) is 75.6 Å². The van der Waals surface area contributed by atoms with E-state index in [-0.39, 0.29) is 11.5 Å². The fourth-order valence-corrected chi connectivity index (χ4v) is 2.86. The summed E-state index contributed by atoms with van der Waals surface area (Å²) in [6.45, 7) is 0.187. The van der Waals surface area contributed by atoms with Crippen LogP contribution in [0.15, 0.2) is 23.1 Å². The fourth-order valence-electron chi connectivity index (χ4n) is 1.72. The first-order valence-corrected chi connectivity index (χ1v) is 7.82. The van der Waals surface area contributed by atoms with Gasteiger partial charge in [-0.3, -0.25) is 0 Å². The van der Waals surface area contributed by atoms with Gasteiger partial charge in [0.1, 0.15) is 12.4 Å². The molecule has 2 N–H and O–H groups in total. The Morgan fingerprint density at radius 3 is 2.80 bits per heavy atom. The maximum atomic E-state index is 12.1. The van der Waals surface area contributed by atoms with Crippen molar-refractivity contribution in [3.8, 4) is 17.6 Å². The molecule has 2 rings (SSSR count). The summed E-state index contributed by atoms with van der Waals surface area (Å²) in [5, 5.41) is 8.73. The summed E-state index contributed by atoms with van der Waals surface area (Å²) < 4.78 is 32.0. The number of nitrogens with one attached hydrogen (secondary N) is 1. The SMILES string of the molecule is COc1ccc(S(=O)(=O)NCC2CC2)cc1C#CCO. The van der Waals surface area contributed by atoms with Gasteiger partial charge in [0.2, 0.25) is 10.0 Å². The molecule has 6 heteroatoms. The molecule has 1 aliphatic carbocycles. The van der Waals surface area contributed by atoms with Crippen molar-refractivity contribution in [1.29, 1.82) is 0 Å². The predicted molar refractivity (Wildman–Crippen MR) is 74.9 cm³/mol. The van der Waals surface area contributed by atoms with E-state index in [1.165, 1.54) is 19.2 Å². The van der Waals surface area contributed by atoms with Gasteiger partial charge in [0.25, 0.3) is 0 Å². The van der Waals surface area contributed by atoms with Crippen LogP contribution in [0, 0.1) is 17.8 Å². The fraction of sp³-hybridized carbons (Fsp3) is 0.429. The summed E-state index contributed by atoms with van der Waals surface area (Å²) in [7, 11) is -2.04. The molecule has 5 nitrogen and oxygen atoms in total. The van der Waals surface area contributed by atoms with Crippen molar-refractivity contribution >= 4 is 10.0 Å². The molecule has 0 amide bonds. The van der Waals surface area contributed by atoms with Crippen molar-refractivity contribution in [3.05, 3.63) is 23.8 Å². The molecule has 20 heavy (non-hydrogen) atoms. The number of aliphatic hydroxyl groups excluding tert-OH is 1. The third-order valence-electron chi connectivity index (χ3n) is 3.04. The van der Waals surface area contributed by atoms with Crippen LogP contribution in [0.1, 0.15) is 18.4 Å². The monoisotopic (exact) mass is 295 g/mol. The lowest BCUT2D eigenvalue weighted by molar-refractivity contribution is 0.350. The number of aliphatic hydroxyl groups is 1. The lowest BCUT2D eigenvalue weighted by Gasteiger charge is -2.09. The number of ether oxygens (including phenoxy) is 1. The van der Waals surface area contributed by atoms with E-state index in [0.717, 1.165) is 12.8 Å². The van der Waals surface area contributed by atoms with Gasteiger partial charge in [-0.05, 0) is 37.0 Å². The first-order chi connectivity index (χ1) is 9.56. The second-order valence-corrected chi connectivity index (χ2v) is 6.38. The number of rotatable bonds is 5. The summed E-state index contributed by atoms with van der Waals surface area (Å²) in [6.07, 6.45) is 2.16. The van der Waals surface area contributed by atoms with Gasteiger partial charge in [-0.2, -0.15) is 0 Å². The van der Waals surface area contributed by atoms with E-state index in [4.69, 9.17) is 9.84 Å².